The van der Waals surface area contributed by atoms with Crippen molar-refractivity contribution in [1.82, 2.24) is 4.98 Å². The molecule has 0 bridgehead atoms. The SMILES string of the molecule is c1ccc(-c2cccc(-c3ccc(N(c4ccccc4)c4ccc5sc6ccc7nc(-c8ccccc8)sc7c6c5c4)cc3)c2)cc1. The van der Waals surface area contributed by atoms with E-state index in [4.69, 9.17) is 4.98 Å². The molecule has 0 aliphatic rings. The second-order valence-electron chi connectivity index (χ2n) is 11.6. The van der Waals surface area contributed by atoms with E-state index in [1.54, 1.807) is 11.3 Å². The third-order valence-corrected chi connectivity index (χ3v) is 11.0. The molecule has 0 atom stereocenters. The van der Waals surface area contributed by atoms with Gasteiger partial charge in [0.2, 0.25) is 0 Å². The van der Waals surface area contributed by atoms with Crippen LogP contribution in [0.3, 0.4) is 0 Å². The fourth-order valence-corrected chi connectivity index (χ4v) is 8.70. The van der Waals surface area contributed by atoms with Gasteiger partial charge in [-0.1, -0.05) is 109 Å². The number of thiazole rings is 1. The minimum absolute atomic E-state index is 1.05. The highest BCUT2D eigenvalue weighted by molar-refractivity contribution is 7.28. The molecule has 0 N–H and O–H groups in total. The molecular formula is C43H28N2S2. The van der Waals surface area contributed by atoms with Gasteiger partial charge in [0.05, 0.1) is 10.2 Å². The molecule has 222 valence electrons. The summed E-state index contributed by atoms with van der Waals surface area (Å²) < 4.78 is 3.83. The van der Waals surface area contributed by atoms with Gasteiger partial charge in [0.25, 0.3) is 0 Å². The van der Waals surface area contributed by atoms with Crippen molar-refractivity contribution in [2.24, 2.45) is 0 Å². The predicted octanol–water partition coefficient (Wildman–Crippen LogP) is 13.1. The van der Waals surface area contributed by atoms with Gasteiger partial charge < -0.3 is 4.90 Å². The number of hydrogen-bond donors (Lipinski definition) is 0. The molecule has 0 aliphatic carbocycles. The Morgan fingerprint density at radius 1 is 0.404 bits per heavy atom. The Kier molecular flexibility index (Phi) is 6.89. The summed E-state index contributed by atoms with van der Waals surface area (Å²) in [4.78, 5) is 7.40. The van der Waals surface area contributed by atoms with Crippen LogP contribution < -0.4 is 4.90 Å². The summed E-state index contributed by atoms with van der Waals surface area (Å²) in [6.45, 7) is 0. The first-order chi connectivity index (χ1) is 23.3. The van der Waals surface area contributed by atoms with Crippen LogP contribution in [0.5, 0.6) is 0 Å². The largest absolute Gasteiger partial charge is 0.310 e. The van der Waals surface area contributed by atoms with Gasteiger partial charge in [0, 0.05) is 42.8 Å². The van der Waals surface area contributed by atoms with Crippen LogP contribution in [-0.2, 0) is 0 Å². The van der Waals surface area contributed by atoms with Gasteiger partial charge in [0.1, 0.15) is 5.01 Å². The summed E-state index contributed by atoms with van der Waals surface area (Å²) in [6, 6.07) is 60.7. The molecule has 0 radical (unpaired) electrons. The molecule has 0 saturated heterocycles. The summed E-state index contributed by atoms with van der Waals surface area (Å²) in [5, 5.41) is 3.63. The van der Waals surface area contributed by atoms with Crippen molar-refractivity contribution in [2.45, 2.75) is 0 Å². The molecular weight excluding hydrogens is 609 g/mol. The van der Waals surface area contributed by atoms with E-state index in [9.17, 15) is 0 Å². The molecule has 0 unspecified atom stereocenters. The lowest BCUT2D eigenvalue weighted by Gasteiger charge is -2.26. The number of thiophene rings is 1. The lowest BCUT2D eigenvalue weighted by atomic mass is 9.99. The molecule has 9 rings (SSSR count). The van der Waals surface area contributed by atoms with Gasteiger partial charge >= 0.3 is 0 Å². The molecule has 7 aromatic carbocycles. The average Bonchev–Trinajstić information content (AvgIpc) is 3.75. The number of fused-ring (bicyclic) bond motifs is 5. The van der Waals surface area contributed by atoms with E-state index in [2.05, 4.69) is 175 Å². The number of benzene rings is 7. The molecule has 0 aliphatic heterocycles. The van der Waals surface area contributed by atoms with Crippen molar-refractivity contribution >= 4 is 70.1 Å². The highest BCUT2D eigenvalue weighted by Crippen LogP contribution is 2.45. The number of aromatic nitrogens is 1. The van der Waals surface area contributed by atoms with Gasteiger partial charge in [-0.3, -0.25) is 0 Å². The minimum Gasteiger partial charge on any atom is -0.310 e. The number of nitrogens with zero attached hydrogens (tertiary/aromatic N) is 2. The average molecular weight is 637 g/mol. The van der Waals surface area contributed by atoms with Gasteiger partial charge in [-0.25, -0.2) is 4.98 Å². The van der Waals surface area contributed by atoms with E-state index in [-0.39, 0.29) is 0 Å². The quantitative estimate of drug-likeness (QED) is 0.181. The number of para-hydroxylation sites is 1. The molecule has 0 fully saturated rings. The summed E-state index contributed by atoms with van der Waals surface area (Å²) in [7, 11) is 0. The molecule has 4 heteroatoms. The van der Waals surface area contributed by atoms with Crippen LogP contribution in [-0.4, -0.2) is 4.98 Å². The number of anilines is 3. The van der Waals surface area contributed by atoms with Gasteiger partial charge in [0.15, 0.2) is 0 Å². The maximum Gasteiger partial charge on any atom is 0.124 e. The number of rotatable bonds is 6. The molecule has 2 nitrogen and oxygen atoms in total. The molecule has 47 heavy (non-hydrogen) atoms. The number of hydrogen-bond acceptors (Lipinski definition) is 4. The first-order valence-corrected chi connectivity index (χ1v) is 17.3. The van der Waals surface area contributed by atoms with Crippen LogP contribution in [0.1, 0.15) is 0 Å². The Labute approximate surface area is 281 Å². The van der Waals surface area contributed by atoms with Crippen LogP contribution in [0, 0.1) is 0 Å². The third-order valence-electron chi connectivity index (χ3n) is 8.69. The van der Waals surface area contributed by atoms with E-state index in [0.29, 0.717) is 0 Å². The van der Waals surface area contributed by atoms with Gasteiger partial charge in [-0.2, -0.15) is 0 Å². The van der Waals surface area contributed by atoms with Crippen LogP contribution in [0.25, 0.3) is 63.2 Å². The van der Waals surface area contributed by atoms with E-state index < -0.39 is 0 Å². The maximum absolute atomic E-state index is 5.04. The van der Waals surface area contributed by atoms with Gasteiger partial charge in [-0.15, -0.1) is 22.7 Å². The van der Waals surface area contributed by atoms with Crippen molar-refractivity contribution in [3.05, 3.63) is 170 Å². The van der Waals surface area contributed by atoms with Crippen molar-refractivity contribution in [2.75, 3.05) is 4.90 Å². The van der Waals surface area contributed by atoms with Crippen molar-refractivity contribution < 1.29 is 0 Å². The predicted molar refractivity (Wildman–Crippen MR) is 203 cm³/mol. The van der Waals surface area contributed by atoms with Crippen LogP contribution >= 0.6 is 22.7 Å². The smallest absolute Gasteiger partial charge is 0.124 e. The Morgan fingerprint density at radius 3 is 1.70 bits per heavy atom. The standard InChI is InChI=1S/C43H28N2S2/c1-4-11-29(12-5-1)32-15-10-16-33(27-32)30-19-21-35(22-20-30)45(34-17-8-3-9-18-34)36-23-25-39-37(28-36)41-40(46-39)26-24-38-42(41)47-43(44-38)31-13-6-2-7-14-31/h1-28H. The normalized spacial score (nSPS) is 11.4. The second-order valence-corrected chi connectivity index (χ2v) is 13.7. The van der Waals surface area contributed by atoms with Crippen molar-refractivity contribution in [3.8, 4) is 32.8 Å². The first kappa shape index (κ1) is 27.7. The minimum atomic E-state index is 1.05. The zero-order chi connectivity index (χ0) is 31.2. The van der Waals surface area contributed by atoms with Crippen molar-refractivity contribution in [3.63, 3.8) is 0 Å². The lowest BCUT2D eigenvalue weighted by molar-refractivity contribution is 1.29. The molecule has 2 aromatic heterocycles. The van der Waals surface area contributed by atoms with Crippen LogP contribution in [0.15, 0.2) is 170 Å². The Balaban J connectivity index is 1.15. The van der Waals surface area contributed by atoms with E-state index >= 15 is 0 Å². The Morgan fingerprint density at radius 2 is 0.979 bits per heavy atom. The Hall–Kier alpha value is -5.55. The first-order valence-electron chi connectivity index (χ1n) is 15.7. The van der Waals surface area contributed by atoms with Gasteiger partial charge in [-0.05, 0) is 82.9 Å². The zero-order valence-corrected chi connectivity index (χ0v) is 27.0. The van der Waals surface area contributed by atoms with Crippen molar-refractivity contribution in [1.29, 1.82) is 0 Å². The highest BCUT2D eigenvalue weighted by Gasteiger charge is 2.18. The maximum atomic E-state index is 5.04. The molecule has 2 heterocycles. The third kappa shape index (κ3) is 5.08. The van der Waals surface area contributed by atoms with Crippen LogP contribution in [0.2, 0.25) is 0 Å². The van der Waals surface area contributed by atoms with E-state index in [0.717, 1.165) is 33.1 Å². The van der Waals surface area contributed by atoms with E-state index in [1.165, 1.54) is 47.1 Å². The summed E-state index contributed by atoms with van der Waals surface area (Å²) >= 11 is 3.64. The van der Waals surface area contributed by atoms with Crippen LogP contribution in [0.4, 0.5) is 17.1 Å². The van der Waals surface area contributed by atoms with E-state index in [1.807, 2.05) is 11.3 Å². The summed E-state index contributed by atoms with van der Waals surface area (Å²) in [5.41, 5.74) is 10.4. The second kappa shape index (κ2) is 11.7. The Bertz CT molecular complexity index is 2500. The zero-order valence-electron chi connectivity index (χ0n) is 25.4. The topological polar surface area (TPSA) is 16.1 Å². The molecule has 9 aromatic rings. The molecule has 0 amide bonds. The molecule has 0 saturated carbocycles. The molecule has 0 spiro atoms. The fourth-order valence-electron chi connectivity index (χ4n) is 6.41. The summed E-state index contributed by atoms with van der Waals surface area (Å²) in [5.74, 6) is 0. The summed E-state index contributed by atoms with van der Waals surface area (Å²) in [6.07, 6.45) is 0. The monoisotopic (exact) mass is 636 g/mol. The lowest BCUT2D eigenvalue weighted by Crippen LogP contribution is -2.09. The highest BCUT2D eigenvalue weighted by atomic mass is 32.1. The fraction of sp³-hybridized carbons (Fsp3) is 0.